The van der Waals surface area contributed by atoms with Gasteiger partial charge < -0.3 is 19.9 Å². The second kappa shape index (κ2) is 9.05. The van der Waals surface area contributed by atoms with E-state index in [4.69, 9.17) is 4.74 Å². The molecule has 1 aromatic heterocycles. The van der Waals surface area contributed by atoms with E-state index < -0.39 is 0 Å². The summed E-state index contributed by atoms with van der Waals surface area (Å²) in [5.74, 6) is 0.852. The molecule has 1 aliphatic rings. The topological polar surface area (TPSA) is 87.7 Å². The summed E-state index contributed by atoms with van der Waals surface area (Å²) in [6, 6.07) is 7.27. The molecule has 1 aliphatic heterocycles. The van der Waals surface area contributed by atoms with Gasteiger partial charge in [0.25, 0.3) is 5.91 Å². The second-order valence-corrected chi connectivity index (χ2v) is 7.97. The molecule has 1 saturated heterocycles. The molecule has 0 bridgehead atoms. The first-order valence-electron chi connectivity index (χ1n) is 8.46. The minimum absolute atomic E-state index is 0.0220. The Bertz CT molecular complexity index is 805. The van der Waals surface area contributed by atoms with E-state index in [1.54, 1.807) is 26.3 Å². The van der Waals surface area contributed by atoms with Crippen molar-refractivity contribution in [2.45, 2.75) is 4.34 Å². The lowest BCUT2D eigenvalue weighted by atomic mass is 10.1. The largest absolute Gasteiger partial charge is 0.496 e. The van der Waals surface area contributed by atoms with Crippen LogP contribution in [0.4, 0.5) is 5.13 Å². The van der Waals surface area contributed by atoms with E-state index >= 15 is 0 Å². The predicted octanol–water partition coefficient (Wildman–Crippen LogP) is 1.35. The van der Waals surface area contributed by atoms with Crippen LogP contribution in [0.15, 0.2) is 28.6 Å². The third kappa shape index (κ3) is 4.69. The summed E-state index contributed by atoms with van der Waals surface area (Å²) in [7, 11) is 3.18. The number of thioether (sulfide) groups is 1. The van der Waals surface area contributed by atoms with Crippen LogP contribution in [0.5, 0.6) is 5.75 Å². The highest BCUT2D eigenvalue weighted by Crippen LogP contribution is 2.29. The molecule has 0 aliphatic carbocycles. The minimum Gasteiger partial charge on any atom is -0.496 e. The van der Waals surface area contributed by atoms with Crippen molar-refractivity contribution in [2.24, 2.45) is 0 Å². The quantitative estimate of drug-likeness (QED) is 0.723. The normalized spacial score (nSPS) is 14.1. The molecule has 1 N–H and O–H groups in total. The lowest BCUT2D eigenvalue weighted by Gasteiger charge is -2.34. The molecule has 2 amide bonds. The smallest absolute Gasteiger partial charge is 0.257 e. The third-order valence-corrected chi connectivity index (χ3v) is 6.29. The number of amides is 2. The maximum Gasteiger partial charge on any atom is 0.257 e. The number of aromatic nitrogens is 2. The molecule has 144 valence electrons. The molecule has 3 rings (SSSR count). The summed E-state index contributed by atoms with van der Waals surface area (Å²) in [4.78, 5) is 28.0. The minimum atomic E-state index is -0.0415. The van der Waals surface area contributed by atoms with Gasteiger partial charge in [-0.05, 0) is 12.1 Å². The van der Waals surface area contributed by atoms with Gasteiger partial charge in [0.15, 0.2) is 4.34 Å². The Labute approximate surface area is 165 Å². The lowest BCUT2D eigenvalue weighted by Crippen LogP contribution is -2.48. The molecule has 0 atom stereocenters. The molecule has 1 aromatic carbocycles. The highest BCUT2D eigenvalue weighted by molar-refractivity contribution is 8.01. The van der Waals surface area contributed by atoms with Crippen LogP contribution < -0.4 is 15.0 Å². The first-order valence-corrected chi connectivity index (χ1v) is 10.3. The molecule has 0 unspecified atom stereocenters. The predicted molar refractivity (Wildman–Crippen MR) is 106 cm³/mol. The van der Waals surface area contributed by atoms with E-state index in [0.29, 0.717) is 43.2 Å². The van der Waals surface area contributed by atoms with Gasteiger partial charge in [-0.25, -0.2) is 0 Å². The number of methoxy groups -OCH3 is 1. The number of rotatable bonds is 6. The van der Waals surface area contributed by atoms with Gasteiger partial charge >= 0.3 is 0 Å². The standard InChI is InChI=1S/C17H21N5O3S2/c1-18-14(23)11-26-17-20-19-16(27-17)22-9-7-21(8-10-22)15(24)12-5-3-4-6-13(12)25-2/h3-6H,7-11H2,1-2H3,(H,18,23). The van der Waals surface area contributed by atoms with Crippen LogP contribution >= 0.6 is 23.1 Å². The summed E-state index contributed by atoms with van der Waals surface area (Å²) in [6.45, 7) is 2.60. The van der Waals surface area contributed by atoms with E-state index in [1.165, 1.54) is 23.1 Å². The number of hydrogen-bond donors (Lipinski definition) is 1. The molecule has 0 spiro atoms. The highest BCUT2D eigenvalue weighted by Gasteiger charge is 2.25. The van der Waals surface area contributed by atoms with Crippen molar-refractivity contribution in [2.75, 3.05) is 51.0 Å². The van der Waals surface area contributed by atoms with Gasteiger partial charge in [-0.1, -0.05) is 35.2 Å². The third-order valence-electron chi connectivity index (χ3n) is 4.18. The maximum atomic E-state index is 12.8. The van der Waals surface area contributed by atoms with Gasteiger partial charge in [0.1, 0.15) is 5.75 Å². The van der Waals surface area contributed by atoms with Crippen molar-refractivity contribution in [3.8, 4) is 5.75 Å². The fourth-order valence-corrected chi connectivity index (χ4v) is 4.45. The number of piperazine rings is 1. The number of para-hydroxylation sites is 1. The lowest BCUT2D eigenvalue weighted by molar-refractivity contribution is -0.118. The van der Waals surface area contributed by atoms with Crippen LogP contribution in [0.25, 0.3) is 0 Å². The van der Waals surface area contributed by atoms with Gasteiger partial charge in [-0.15, -0.1) is 10.2 Å². The number of anilines is 1. The number of carbonyl (C=O) groups excluding carboxylic acids is 2. The molecule has 8 nitrogen and oxygen atoms in total. The molecule has 1 fully saturated rings. The van der Waals surface area contributed by atoms with Crippen LogP contribution in [0.1, 0.15) is 10.4 Å². The van der Waals surface area contributed by atoms with E-state index in [1.807, 2.05) is 17.0 Å². The zero-order chi connectivity index (χ0) is 19.2. The Hall–Kier alpha value is -2.33. The molecule has 27 heavy (non-hydrogen) atoms. The Morgan fingerprint density at radius 1 is 1.22 bits per heavy atom. The van der Waals surface area contributed by atoms with Gasteiger partial charge in [-0.3, -0.25) is 9.59 Å². The highest BCUT2D eigenvalue weighted by atomic mass is 32.2. The van der Waals surface area contributed by atoms with Crippen LogP contribution in [0, 0.1) is 0 Å². The van der Waals surface area contributed by atoms with Gasteiger partial charge in [-0.2, -0.15) is 0 Å². The Balaban J connectivity index is 1.57. The SMILES string of the molecule is CNC(=O)CSc1nnc(N2CCN(C(=O)c3ccccc3OC)CC2)s1. The number of nitrogens with one attached hydrogen (secondary N) is 1. The fourth-order valence-electron chi connectivity index (χ4n) is 2.68. The Morgan fingerprint density at radius 3 is 2.67 bits per heavy atom. The molecular weight excluding hydrogens is 386 g/mol. The average molecular weight is 408 g/mol. The second-order valence-electron chi connectivity index (χ2n) is 5.79. The van der Waals surface area contributed by atoms with Crippen LogP contribution in [-0.2, 0) is 4.79 Å². The fraction of sp³-hybridized carbons (Fsp3) is 0.412. The number of hydrogen-bond acceptors (Lipinski definition) is 8. The number of nitrogens with zero attached hydrogens (tertiary/aromatic N) is 4. The van der Waals surface area contributed by atoms with E-state index in [2.05, 4.69) is 20.4 Å². The summed E-state index contributed by atoms with van der Waals surface area (Å²) in [6.07, 6.45) is 0. The number of carbonyl (C=O) groups is 2. The molecule has 0 saturated carbocycles. The molecule has 2 aromatic rings. The Morgan fingerprint density at radius 2 is 1.96 bits per heavy atom. The van der Waals surface area contributed by atoms with Crippen molar-refractivity contribution in [3.05, 3.63) is 29.8 Å². The summed E-state index contributed by atoms with van der Waals surface area (Å²) >= 11 is 2.84. The van der Waals surface area contributed by atoms with Crippen molar-refractivity contribution < 1.29 is 14.3 Å². The molecule has 0 radical (unpaired) electrons. The summed E-state index contributed by atoms with van der Waals surface area (Å²) in [5.41, 5.74) is 0.581. The van der Waals surface area contributed by atoms with Crippen LogP contribution in [0.2, 0.25) is 0 Å². The zero-order valence-corrected chi connectivity index (χ0v) is 16.8. The van der Waals surface area contributed by atoms with Crippen molar-refractivity contribution in [1.82, 2.24) is 20.4 Å². The van der Waals surface area contributed by atoms with Gasteiger partial charge in [0.2, 0.25) is 11.0 Å². The van der Waals surface area contributed by atoms with E-state index in [0.717, 1.165) is 9.47 Å². The van der Waals surface area contributed by atoms with Gasteiger partial charge in [0.05, 0.1) is 18.4 Å². The Kier molecular flexibility index (Phi) is 6.51. The molecule has 10 heteroatoms. The van der Waals surface area contributed by atoms with E-state index in [-0.39, 0.29) is 11.8 Å². The molecule has 2 heterocycles. The number of ether oxygens (including phenoxy) is 1. The van der Waals surface area contributed by atoms with Crippen molar-refractivity contribution in [1.29, 1.82) is 0 Å². The molecular formula is C17H21N5O3S2. The van der Waals surface area contributed by atoms with Crippen LogP contribution in [-0.4, -0.2) is 73.0 Å². The number of benzene rings is 1. The first-order chi connectivity index (χ1) is 13.1. The van der Waals surface area contributed by atoms with Gasteiger partial charge in [0, 0.05) is 33.2 Å². The van der Waals surface area contributed by atoms with E-state index in [9.17, 15) is 9.59 Å². The summed E-state index contributed by atoms with van der Waals surface area (Å²) < 4.78 is 6.06. The van der Waals surface area contributed by atoms with Crippen molar-refractivity contribution >= 4 is 40.0 Å². The van der Waals surface area contributed by atoms with Crippen molar-refractivity contribution in [3.63, 3.8) is 0 Å². The van der Waals surface area contributed by atoms with Crippen LogP contribution in [0.3, 0.4) is 0 Å². The zero-order valence-electron chi connectivity index (χ0n) is 15.2. The average Bonchev–Trinajstić information content (AvgIpc) is 3.20. The first kappa shape index (κ1) is 19.4. The summed E-state index contributed by atoms with van der Waals surface area (Å²) in [5, 5.41) is 11.8. The monoisotopic (exact) mass is 407 g/mol. The maximum absolute atomic E-state index is 12.8.